The third-order valence-corrected chi connectivity index (χ3v) is 3.48. The Morgan fingerprint density at radius 3 is 2.38 bits per heavy atom. The molecule has 0 atom stereocenters. The second-order valence-electron chi connectivity index (χ2n) is 6.36. The predicted molar refractivity (Wildman–Crippen MR) is 87.0 cm³/mol. The van der Waals surface area contributed by atoms with Crippen LogP contribution in [-0.2, 0) is 19.6 Å². The van der Waals surface area contributed by atoms with Crippen molar-refractivity contribution in [2.75, 3.05) is 0 Å². The highest BCUT2D eigenvalue weighted by molar-refractivity contribution is 6.07. The van der Waals surface area contributed by atoms with Crippen LogP contribution in [0, 0.1) is 0 Å². The van der Waals surface area contributed by atoms with Crippen LogP contribution in [0.25, 0.3) is 6.08 Å². The molecule has 2 rings (SSSR count). The molecule has 0 unspecified atom stereocenters. The Morgan fingerprint density at radius 1 is 1.21 bits per heavy atom. The molecule has 0 aromatic carbocycles. The maximum Gasteiger partial charge on any atom is 0.333 e. The number of aromatic nitrogens is 5. The van der Waals surface area contributed by atoms with Gasteiger partial charge < -0.3 is 5.11 Å². The van der Waals surface area contributed by atoms with E-state index in [-0.39, 0.29) is 5.54 Å². The molecule has 2 heterocycles. The Bertz CT molecular complexity index is 940. The highest BCUT2D eigenvalue weighted by Gasteiger charge is 2.20. The van der Waals surface area contributed by atoms with Crippen LogP contribution in [0.3, 0.4) is 0 Å². The Kier molecular flexibility index (Phi) is 4.28. The van der Waals surface area contributed by atoms with Crippen LogP contribution in [0.5, 0.6) is 5.88 Å². The van der Waals surface area contributed by atoms with Gasteiger partial charge in [-0.25, -0.2) is 9.48 Å². The van der Waals surface area contributed by atoms with Crippen molar-refractivity contribution in [3.63, 3.8) is 0 Å². The summed E-state index contributed by atoms with van der Waals surface area (Å²) < 4.78 is 3.23. The van der Waals surface area contributed by atoms with E-state index in [0.717, 1.165) is 15.2 Å². The lowest BCUT2D eigenvalue weighted by Gasteiger charge is -2.17. The monoisotopic (exact) mass is 333 g/mol. The normalized spacial score (nSPS) is 12.0. The van der Waals surface area contributed by atoms with E-state index in [9.17, 15) is 19.5 Å². The van der Waals surface area contributed by atoms with Crippen molar-refractivity contribution in [2.24, 2.45) is 14.1 Å². The van der Waals surface area contributed by atoms with E-state index in [2.05, 4.69) is 10.3 Å². The molecule has 0 fully saturated rings. The van der Waals surface area contributed by atoms with Crippen molar-refractivity contribution >= 4 is 11.9 Å². The van der Waals surface area contributed by atoms with Crippen LogP contribution < -0.4 is 11.2 Å². The van der Waals surface area contributed by atoms with Crippen molar-refractivity contribution in [1.82, 2.24) is 24.1 Å². The molecule has 9 heteroatoms. The summed E-state index contributed by atoms with van der Waals surface area (Å²) >= 11 is 0. The van der Waals surface area contributed by atoms with Crippen molar-refractivity contribution in [3.05, 3.63) is 44.4 Å². The minimum atomic E-state index is -0.858. The maximum atomic E-state index is 12.2. The van der Waals surface area contributed by atoms with E-state index >= 15 is 0 Å². The number of ketones is 1. The third kappa shape index (κ3) is 3.05. The van der Waals surface area contributed by atoms with Crippen LogP contribution in [0.1, 0.15) is 36.8 Å². The van der Waals surface area contributed by atoms with Gasteiger partial charge in [-0.05, 0) is 32.9 Å². The van der Waals surface area contributed by atoms with E-state index in [4.69, 9.17) is 0 Å². The van der Waals surface area contributed by atoms with E-state index in [1.807, 2.05) is 20.8 Å². The molecule has 0 spiro atoms. The minimum Gasteiger partial charge on any atom is -0.494 e. The van der Waals surface area contributed by atoms with Gasteiger partial charge in [0.05, 0.1) is 11.7 Å². The number of hydrogen-bond acceptors (Lipinski definition) is 6. The first-order valence-electron chi connectivity index (χ1n) is 7.18. The van der Waals surface area contributed by atoms with Gasteiger partial charge in [-0.3, -0.25) is 18.7 Å². The molecule has 2 aromatic heterocycles. The van der Waals surface area contributed by atoms with Gasteiger partial charge in [0.25, 0.3) is 5.56 Å². The lowest BCUT2D eigenvalue weighted by atomic mass is 10.1. The minimum absolute atomic E-state index is 0.255. The molecule has 128 valence electrons. The van der Waals surface area contributed by atoms with Crippen molar-refractivity contribution in [1.29, 1.82) is 0 Å². The van der Waals surface area contributed by atoms with Crippen LogP contribution in [-0.4, -0.2) is 35.0 Å². The van der Waals surface area contributed by atoms with E-state index < -0.39 is 28.5 Å². The first-order valence-corrected chi connectivity index (χ1v) is 7.18. The van der Waals surface area contributed by atoms with E-state index in [1.54, 1.807) is 10.9 Å². The number of rotatable bonds is 3. The van der Waals surface area contributed by atoms with E-state index in [1.165, 1.54) is 20.2 Å². The van der Waals surface area contributed by atoms with Crippen molar-refractivity contribution < 1.29 is 9.90 Å². The molecular formula is C15H19N5O4. The molecule has 2 aromatic rings. The first-order chi connectivity index (χ1) is 11.0. The number of nitrogens with zero attached hydrogens (tertiary/aromatic N) is 5. The zero-order valence-corrected chi connectivity index (χ0v) is 14.1. The van der Waals surface area contributed by atoms with Gasteiger partial charge >= 0.3 is 5.69 Å². The molecule has 0 amide bonds. The topological polar surface area (TPSA) is 112 Å². The summed E-state index contributed by atoms with van der Waals surface area (Å²) in [4.78, 5) is 36.0. The van der Waals surface area contributed by atoms with Crippen molar-refractivity contribution in [3.8, 4) is 5.88 Å². The Morgan fingerprint density at radius 2 is 1.83 bits per heavy atom. The average Bonchev–Trinajstić information content (AvgIpc) is 2.98. The molecule has 1 N–H and O–H groups in total. The van der Waals surface area contributed by atoms with Gasteiger partial charge in [-0.1, -0.05) is 5.21 Å². The summed E-state index contributed by atoms with van der Waals surface area (Å²) in [6.07, 6.45) is 4.15. The van der Waals surface area contributed by atoms with E-state index in [0.29, 0.717) is 5.69 Å². The summed E-state index contributed by atoms with van der Waals surface area (Å²) in [6.45, 7) is 5.85. The second-order valence-corrected chi connectivity index (χ2v) is 6.36. The fourth-order valence-corrected chi connectivity index (χ4v) is 1.97. The lowest BCUT2D eigenvalue weighted by Crippen LogP contribution is -2.39. The first kappa shape index (κ1) is 17.4. The summed E-state index contributed by atoms with van der Waals surface area (Å²) in [5.41, 5.74) is -1.87. The molecule has 0 bridgehead atoms. The number of aromatic hydroxyl groups is 1. The molecule has 0 radical (unpaired) electrons. The van der Waals surface area contributed by atoms with Crippen LogP contribution >= 0.6 is 0 Å². The second kappa shape index (κ2) is 5.91. The van der Waals surface area contributed by atoms with Gasteiger partial charge in [0.15, 0.2) is 5.78 Å². The molecule has 0 saturated heterocycles. The molecule has 0 aliphatic carbocycles. The number of carbonyl (C=O) groups is 1. The van der Waals surface area contributed by atoms with Gasteiger partial charge in [-0.2, -0.15) is 0 Å². The maximum absolute atomic E-state index is 12.2. The van der Waals surface area contributed by atoms with Gasteiger partial charge in [0, 0.05) is 14.1 Å². The number of hydrogen-bond donors (Lipinski definition) is 1. The zero-order valence-electron chi connectivity index (χ0n) is 14.1. The predicted octanol–water partition coefficient (Wildman–Crippen LogP) is 0.0322. The molecule has 0 aliphatic heterocycles. The number of allylic oxidation sites excluding steroid dienone is 1. The van der Waals surface area contributed by atoms with Gasteiger partial charge in [0.2, 0.25) is 5.88 Å². The highest BCUT2D eigenvalue weighted by Crippen LogP contribution is 2.13. The van der Waals surface area contributed by atoms with Gasteiger partial charge in [0.1, 0.15) is 11.3 Å². The molecule has 24 heavy (non-hydrogen) atoms. The lowest BCUT2D eigenvalue weighted by molar-refractivity contribution is 0.104. The average molecular weight is 333 g/mol. The Labute approximate surface area is 137 Å². The fraction of sp³-hybridized carbons (Fsp3) is 0.400. The van der Waals surface area contributed by atoms with Crippen molar-refractivity contribution in [2.45, 2.75) is 26.3 Å². The summed E-state index contributed by atoms with van der Waals surface area (Å²) in [7, 11) is 2.51. The van der Waals surface area contributed by atoms with Gasteiger partial charge in [-0.15, -0.1) is 5.10 Å². The largest absolute Gasteiger partial charge is 0.494 e. The van der Waals surface area contributed by atoms with Crippen LogP contribution in [0.15, 0.2) is 21.9 Å². The zero-order chi connectivity index (χ0) is 18.2. The molecule has 0 aliphatic rings. The number of carbonyl (C=O) groups excluding carboxylic acids is 1. The highest BCUT2D eigenvalue weighted by atomic mass is 16.3. The van der Waals surface area contributed by atoms with Crippen LogP contribution in [0.4, 0.5) is 0 Å². The van der Waals surface area contributed by atoms with Crippen LogP contribution in [0.2, 0.25) is 0 Å². The quantitative estimate of drug-likeness (QED) is 0.626. The summed E-state index contributed by atoms with van der Waals surface area (Å²) in [6, 6.07) is 0. The SMILES string of the molecule is Cn1c(O)c(C(=O)C=Cc2cn(C(C)(C)C)nn2)c(=O)n(C)c1=O. The molecule has 0 saturated carbocycles. The Balaban J connectivity index is 2.39. The molecular weight excluding hydrogens is 314 g/mol. The smallest absolute Gasteiger partial charge is 0.333 e. The molecule has 9 nitrogen and oxygen atoms in total. The third-order valence-electron chi connectivity index (χ3n) is 3.48. The standard InChI is InChI=1S/C15H19N5O4/c1-15(2,3)20-8-9(16-17-20)6-7-10(21)11-12(22)18(4)14(24)19(5)13(11)23/h6-8,22H,1-5H3. The summed E-state index contributed by atoms with van der Waals surface area (Å²) in [5.74, 6) is -1.40. The summed E-state index contributed by atoms with van der Waals surface area (Å²) in [5, 5.41) is 17.8. The fourth-order valence-electron chi connectivity index (χ4n) is 1.97. The Hall–Kier alpha value is -2.97.